The lowest BCUT2D eigenvalue weighted by Gasteiger charge is -2.19. The van der Waals surface area contributed by atoms with Gasteiger partial charge in [-0.05, 0) is 30.5 Å². The Labute approximate surface area is 138 Å². The summed E-state index contributed by atoms with van der Waals surface area (Å²) in [6.45, 7) is 1.56. The summed E-state index contributed by atoms with van der Waals surface area (Å²) in [5, 5.41) is 15.6. The molecule has 7 heteroatoms. The minimum absolute atomic E-state index is 0.0776. The van der Waals surface area contributed by atoms with Gasteiger partial charge in [-0.3, -0.25) is 4.79 Å². The van der Waals surface area contributed by atoms with Crippen LogP contribution in [0.1, 0.15) is 30.4 Å². The maximum atomic E-state index is 12.6. The van der Waals surface area contributed by atoms with Gasteiger partial charge >= 0.3 is 6.18 Å². The normalized spacial score (nSPS) is 25.5. The van der Waals surface area contributed by atoms with Gasteiger partial charge in [0.25, 0.3) is 0 Å². The lowest BCUT2D eigenvalue weighted by molar-refractivity contribution is -0.137. The number of nitrogens with one attached hydrogen (secondary N) is 2. The van der Waals surface area contributed by atoms with E-state index < -0.39 is 17.8 Å². The number of hydrogen-bond donors (Lipinski definition) is 3. The Morgan fingerprint density at radius 1 is 1.25 bits per heavy atom. The molecule has 1 saturated heterocycles. The quantitative estimate of drug-likeness (QED) is 0.765. The highest BCUT2D eigenvalue weighted by Crippen LogP contribution is 2.48. The van der Waals surface area contributed by atoms with Crippen LogP contribution < -0.4 is 10.6 Å². The minimum Gasteiger partial charge on any atom is -0.391 e. The van der Waals surface area contributed by atoms with Gasteiger partial charge in [0.1, 0.15) is 0 Å². The van der Waals surface area contributed by atoms with Crippen LogP contribution in [0.25, 0.3) is 0 Å². The number of aliphatic hydroxyl groups excluding tert-OH is 1. The molecule has 3 N–H and O–H groups in total. The summed E-state index contributed by atoms with van der Waals surface area (Å²) in [4.78, 5) is 12.0. The van der Waals surface area contributed by atoms with Gasteiger partial charge < -0.3 is 15.7 Å². The molecule has 1 saturated carbocycles. The van der Waals surface area contributed by atoms with Crippen LogP contribution in [0.5, 0.6) is 0 Å². The van der Waals surface area contributed by atoms with Crippen LogP contribution in [0, 0.1) is 5.92 Å². The summed E-state index contributed by atoms with van der Waals surface area (Å²) in [7, 11) is 0. The van der Waals surface area contributed by atoms with Crippen LogP contribution in [0.2, 0.25) is 0 Å². The van der Waals surface area contributed by atoms with Crippen molar-refractivity contribution in [2.75, 3.05) is 19.6 Å². The predicted molar refractivity (Wildman–Crippen MR) is 82.3 cm³/mol. The van der Waals surface area contributed by atoms with Crippen molar-refractivity contribution in [2.45, 2.75) is 37.0 Å². The van der Waals surface area contributed by atoms with Gasteiger partial charge in [0.15, 0.2) is 0 Å². The van der Waals surface area contributed by atoms with Gasteiger partial charge in [-0.25, -0.2) is 0 Å². The molecule has 0 aromatic heterocycles. The Hall–Kier alpha value is -1.60. The molecule has 0 radical (unpaired) electrons. The van der Waals surface area contributed by atoms with Crippen molar-refractivity contribution in [3.8, 4) is 0 Å². The molecule has 1 aliphatic carbocycles. The molecular formula is C17H21F3N2O2. The highest BCUT2D eigenvalue weighted by molar-refractivity contribution is 5.76. The van der Waals surface area contributed by atoms with Gasteiger partial charge in [0, 0.05) is 37.4 Å². The zero-order valence-electron chi connectivity index (χ0n) is 13.2. The predicted octanol–water partition coefficient (Wildman–Crippen LogP) is 1.82. The molecule has 24 heavy (non-hydrogen) atoms. The van der Waals surface area contributed by atoms with E-state index in [9.17, 15) is 23.1 Å². The summed E-state index contributed by atoms with van der Waals surface area (Å²) < 4.78 is 37.9. The molecule has 0 unspecified atom stereocenters. The monoisotopic (exact) mass is 342 g/mol. The second-order valence-corrected chi connectivity index (χ2v) is 6.82. The fraction of sp³-hybridized carbons (Fsp3) is 0.588. The zero-order valence-corrected chi connectivity index (χ0v) is 13.2. The summed E-state index contributed by atoms with van der Waals surface area (Å²) in [6.07, 6.45) is -2.87. The largest absolute Gasteiger partial charge is 0.416 e. The van der Waals surface area contributed by atoms with Gasteiger partial charge in [-0.1, -0.05) is 12.1 Å². The molecule has 3 rings (SSSR count). The van der Waals surface area contributed by atoms with Crippen LogP contribution >= 0.6 is 0 Å². The highest BCUT2D eigenvalue weighted by atomic mass is 19.4. The maximum absolute atomic E-state index is 12.6. The number of benzene rings is 1. The number of carbonyl (C=O) groups excluding carboxylic acids is 1. The molecule has 2 atom stereocenters. The molecule has 4 nitrogen and oxygen atoms in total. The summed E-state index contributed by atoms with van der Waals surface area (Å²) in [6, 6.07) is 5.20. The van der Waals surface area contributed by atoms with Gasteiger partial charge in [-0.15, -0.1) is 0 Å². The smallest absolute Gasteiger partial charge is 0.391 e. The standard InChI is InChI=1S/C17H21F3N2O2/c18-17(19,20)13-3-1-12(2-4-13)16(5-6-16)10-22-15(24)7-11-8-21-9-14(11)23/h1-4,11,14,21,23H,5-10H2,(H,22,24)/t11-,14-/m1/s1. The molecule has 2 fully saturated rings. The molecule has 132 valence electrons. The maximum Gasteiger partial charge on any atom is 0.416 e. The van der Waals surface area contributed by atoms with Gasteiger partial charge in [0.05, 0.1) is 11.7 Å². The number of aliphatic hydroxyl groups is 1. The van der Waals surface area contributed by atoms with Crippen LogP contribution in [-0.4, -0.2) is 36.8 Å². The summed E-state index contributed by atoms with van der Waals surface area (Å²) >= 11 is 0. The second-order valence-electron chi connectivity index (χ2n) is 6.82. The second kappa shape index (κ2) is 6.37. The third-order valence-electron chi connectivity index (χ3n) is 5.05. The molecule has 0 bridgehead atoms. The molecule has 1 aliphatic heterocycles. The number of rotatable bonds is 5. The van der Waals surface area contributed by atoms with Crippen molar-refractivity contribution >= 4 is 5.91 Å². The first-order valence-electron chi connectivity index (χ1n) is 8.13. The fourth-order valence-electron chi connectivity index (χ4n) is 3.24. The van der Waals surface area contributed by atoms with Crippen LogP contribution in [-0.2, 0) is 16.4 Å². The molecule has 1 heterocycles. The van der Waals surface area contributed by atoms with Crippen molar-refractivity contribution in [3.05, 3.63) is 35.4 Å². The van der Waals surface area contributed by atoms with Crippen LogP contribution in [0.3, 0.4) is 0 Å². The lowest BCUT2D eigenvalue weighted by atomic mass is 9.94. The molecule has 0 spiro atoms. The SMILES string of the molecule is O=C(C[C@@H]1CNC[C@H]1O)NCC1(c2ccc(C(F)(F)F)cc2)CC1. The average Bonchev–Trinajstić information content (AvgIpc) is 3.23. The summed E-state index contributed by atoms with van der Waals surface area (Å²) in [5.41, 5.74) is -0.0704. The first-order chi connectivity index (χ1) is 11.3. The number of alkyl halides is 3. The van der Waals surface area contributed by atoms with E-state index in [4.69, 9.17) is 0 Å². The zero-order chi connectivity index (χ0) is 17.4. The van der Waals surface area contributed by atoms with E-state index >= 15 is 0 Å². The summed E-state index contributed by atoms with van der Waals surface area (Å²) in [5.74, 6) is -0.202. The van der Waals surface area contributed by atoms with Crippen LogP contribution in [0.4, 0.5) is 13.2 Å². The number of amides is 1. The van der Waals surface area contributed by atoms with E-state index in [1.807, 2.05) is 0 Å². The topological polar surface area (TPSA) is 61.4 Å². The van der Waals surface area contributed by atoms with Crippen molar-refractivity contribution < 1.29 is 23.1 Å². The Balaban J connectivity index is 1.56. The van der Waals surface area contributed by atoms with Crippen LogP contribution in [0.15, 0.2) is 24.3 Å². The molecule has 1 amide bonds. The molecular weight excluding hydrogens is 321 g/mol. The number of halogens is 3. The van der Waals surface area contributed by atoms with E-state index in [1.165, 1.54) is 12.1 Å². The van der Waals surface area contributed by atoms with E-state index in [2.05, 4.69) is 10.6 Å². The minimum atomic E-state index is -4.33. The van der Waals surface area contributed by atoms with Crippen molar-refractivity contribution in [2.24, 2.45) is 5.92 Å². The highest BCUT2D eigenvalue weighted by Gasteiger charge is 2.44. The Kier molecular flexibility index (Phi) is 4.57. The third kappa shape index (κ3) is 3.72. The van der Waals surface area contributed by atoms with Crippen molar-refractivity contribution in [1.29, 1.82) is 0 Å². The number of β-amino-alcohol motifs (C(OH)–C–C–N with tert-alkyl or cyclic N) is 1. The van der Waals surface area contributed by atoms with Gasteiger partial charge in [-0.2, -0.15) is 13.2 Å². The first kappa shape index (κ1) is 17.2. The number of carbonyl (C=O) groups is 1. The fourth-order valence-corrected chi connectivity index (χ4v) is 3.24. The van der Waals surface area contributed by atoms with E-state index in [1.54, 1.807) is 0 Å². The molecule has 1 aromatic rings. The molecule has 1 aromatic carbocycles. The van der Waals surface area contributed by atoms with Crippen molar-refractivity contribution in [3.63, 3.8) is 0 Å². The van der Waals surface area contributed by atoms with Gasteiger partial charge in [0.2, 0.25) is 5.91 Å². The Bertz CT molecular complexity index is 597. The van der Waals surface area contributed by atoms with Crippen molar-refractivity contribution in [1.82, 2.24) is 10.6 Å². The molecule has 2 aliphatic rings. The number of hydrogen-bond acceptors (Lipinski definition) is 3. The average molecular weight is 342 g/mol. The Morgan fingerprint density at radius 2 is 1.92 bits per heavy atom. The lowest BCUT2D eigenvalue weighted by Crippen LogP contribution is -2.35. The van der Waals surface area contributed by atoms with E-state index in [-0.39, 0.29) is 23.7 Å². The Morgan fingerprint density at radius 3 is 2.42 bits per heavy atom. The first-order valence-corrected chi connectivity index (χ1v) is 8.13. The van der Waals surface area contributed by atoms with E-state index in [0.717, 1.165) is 30.5 Å². The third-order valence-corrected chi connectivity index (χ3v) is 5.05. The van der Waals surface area contributed by atoms with E-state index in [0.29, 0.717) is 19.6 Å².